The van der Waals surface area contributed by atoms with E-state index in [0.717, 1.165) is 94.8 Å². The van der Waals surface area contributed by atoms with Gasteiger partial charge in [0.2, 0.25) is 0 Å². The molecule has 2 aromatic heterocycles. The molecule has 0 N–H and O–H groups in total. The van der Waals surface area contributed by atoms with Gasteiger partial charge in [0.15, 0.2) is 0 Å². The third kappa shape index (κ3) is 8.48. The number of ether oxygens (including phenoxy) is 1. The van der Waals surface area contributed by atoms with Crippen molar-refractivity contribution in [2.75, 3.05) is 16.5 Å². The molecule has 0 saturated heterocycles. The van der Waals surface area contributed by atoms with E-state index < -0.39 is 0 Å². The molecule has 0 bridgehead atoms. The van der Waals surface area contributed by atoms with E-state index in [1.807, 2.05) is 42.6 Å². The van der Waals surface area contributed by atoms with E-state index in [-0.39, 0.29) is 34.7 Å². The van der Waals surface area contributed by atoms with Crippen LogP contribution >= 0.6 is 0 Å². The summed E-state index contributed by atoms with van der Waals surface area (Å²) in [6, 6.07) is 69.3. The topological polar surface area (TPSA) is 33.5 Å². The lowest BCUT2D eigenvalue weighted by Gasteiger charge is -2.27. The number of aromatic nitrogens is 2. The SMILES string of the molecule is [2H]c1c(Oc2cc(-c3ccc(C(C)(C)C)cc3)c3c4ccccc4n(-c4cc(C)c(-c5ccccc5)cn4)c3c2)cc(N2CN(c3c(-c4ccccc4)cccc3-c3ccc(C(C)(C)C)cc3)c3ccccc32)c([2H])c1[2H]. The second-order valence-electron chi connectivity index (χ2n) is 21.5. The average molecular weight is 964 g/mol. The van der Waals surface area contributed by atoms with Gasteiger partial charge in [-0.25, -0.2) is 4.98 Å². The Bertz CT molecular complexity index is 4040. The first kappa shape index (κ1) is 43.0. The second kappa shape index (κ2) is 18.4. The summed E-state index contributed by atoms with van der Waals surface area (Å²) in [5.74, 6) is 1.44. The fraction of sp³-hybridized carbons (Fsp3) is 0.145. The number of hydrogen-bond donors (Lipinski definition) is 0. The molecule has 0 atom stereocenters. The minimum Gasteiger partial charge on any atom is -0.457 e. The number of nitrogens with zero attached hydrogens (tertiary/aromatic N) is 4. The van der Waals surface area contributed by atoms with E-state index in [4.69, 9.17) is 9.72 Å². The van der Waals surface area contributed by atoms with Crippen molar-refractivity contribution < 1.29 is 8.85 Å². The number of aryl methyl sites for hydroxylation is 1. The van der Waals surface area contributed by atoms with Crippen LogP contribution in [-0.2, 0) is 10.8 Å². The lowest BCUT2D eigenvalue weighted by Crippen LogP contribution is -2.25. The lowest BCUT2D eigenvalue weighted by molar-refractivity contribution is 0.483. The molecule has 9 aromatic carbocycles. The maximum Gasteiger partial charge on any atom is 0.137 e. The Morgan fingerprint density at radius 2 is 1.04 bits per heavy atom. The molecule has 12 rings (SSSR count). The smallest absolute Gasteiger partial charge is 0.137 e. The van der Waals surface area contributed by atoms with Crippen LogP contribution in [0.25, 0.3) is 72.1 Å². The summed E-state index contributed by atoms with van der Waals surface area (Å²) in [6.45, 7) is 15.9. The van der Waals surface area contributed by atoms with Crippen LogP contribution in [0.4, 0.5) is 22.7 Å². The highest BCUT2D eigenvalue weighted by Gasteiger charge is 2.32. The number of para-hydroxylation sites is 4. The summed E-state index contributed by atoms with van der Waals surface area (Å²) in [5.41, 5.74) is 17.3. The minimum absolute atomic E-state index is 0.00343. The Morgan fingerprint density at radius 1 is 0.486 bits per heavy atom. The molecule has 0 unspecified atom stereocenters. The van der Waals surface area contributed by atoms with Gasteiger partial charge in [-0.1, -0.05) is 205 Å². The lowest BCUT2D eigenvalue weighted by atomic mass is 9.86. The number of fused-ring (bicyclic) bond motifs is 4. The van der Waals surface area contributed by atoms with Gasteiger partial charge in [-0.2, -0.15) is 0 Å². The molecule has 0 amide bonds. The van der Waals surface area contributed by atoms with Gasteiger partial charge in [0.25, 0.3) is 0 Å². The van der Waals surface area contributed by atoms with Gasteiger partial charge in [-0.05, 0) is 105 Å². The third-order valence-corrected chi connectivity index (χ3v) is 14.6. The fourth-order valence-corrected chi connectivity index (χ4v) is 10.7. The molecule has 74 heavy (non-hydrogen) atoms. The van der Waals surface area contributed by atoms with Crippen molar-refractivity contribution in [3.8, 4) is 61.8 Å². The number of rotatable bonds is 9. The van der Waals surface area contributed by atoms with Crippen LogP contribution in [0.2, 0.25) is 0 Å². The van der Waals surface area contributed by atoms with Crippen molar-refractivity contribution in [2.45, 2.75) is 59.3 Å². The number of pyridine rings is 1. The van der Waals surface area contributed by atoms with E-state index in [1.54, 1.807) is 6.07 Å². The van der Waals surface area contributed by atoms with Crippen LogP contribution in [0.15, 0.2) is 225 Å². The number of benzene rings is 9. The first-order valence-electron chi connectivity index (χ1n) is 27.0. The molecule has 0 fully saturated rings. The quantitative estimate of drug-likeness (QED) is 0.144. The van der Waals surface area contributed by atoms with Crippen LogP contribution in [0.5, 0.6) is 11.5 Å². The fourth-order valence-electron chi connectivity index (χ4n) is 10.7. The van der Waals surface area contributed by atoms with Crippen LogP contribution in [0, 0.1) is 6.92 Å². The average Bonchev–Trinajstić information content (AvgIpc) is 4.18. The summed E-state index contributed by atoms with van der Waals surface area (Å²) in [6.07, 6.45) is 1.96. The summed E-state index contributed by atoms with van der Waals surface area (Å²) < 4.78 is 37.6. The maximum atomic E-state index is 9.57. The molecule has 1 aliphatic heterocycles. The van der Waals surface area contributed by atoms with Gasteiger partial charge in [-0.3, -0.25) is 4.57 Å². The molecule has 3 heterocycles. The van der Waals surface area contributed by atoms with E-state index in [2.05, 4.69) is 221 Å². The van der Waals surface area contributed by atoms with Crippen LogP contribution in [0.1, 0.15) is 62.3 Å². The Balaban J connectivity index is 1.01. The first-order chi connectivity index (χ1) is 37.1. The van der Waals surface area contributed by atoms with Gasteiger partial charge >= 0.3 is 0 Å². The molecule has 0 saturated carbocycles. The van der Waals surface area contributed by atoms with E-state index in [0.29, 0.717) is 18.1 Å². The Hall–Kier alpha value is -8.67. The highest BCUT2D eigenvalue weighted by atomic mass is 16.5. The predicted octanol–water partition coefficient (Wildman–Crippen LogP) is 18.8. The Labute approximate surface area is 439 Å². The summed E-state index contributed by atoms with van der Waals surface area (Å²) in [5, 5.41) is 2.12. The molecule has 0 radical (unpaired) electrons. The van der Waals surface area contributed by atoms with Crippen molar-refractivity contribution in [1.82, 2.24) is 9.55 Å². The first-order valence-corrected chi connectivity index (χ1v) is 25.5. The maximum absolute atomic E-state index is 9.57. The second-order valence-corrected chi connectivity index (χ2v) is 21.5. The highest BCUT2D eigenvalue weighted by molar-refractivity contribution is 6.16. The van der Waals surface area contributed by atoms with Gasteiger partial charge in [0, 0.05) is 51.5 Å². The van der Waals surface area contributed by atoms with Crippen LogP contribution in [-0.4, -0.2) is 16.2 Å². The van der Waals surface area contributed by atoms with Crippen molar-refractivity contribution in [1.29, 1.82) is 0 Å². The van der Waals surface area contributed by atoms with Crippen molar-refractivity contribution in [3.05, 3.63) is 241 Å². The van der Waals surface area contributed by atoms with E-state index >= 15 is 0 Å². The molecule has 5 nitrogen and oxygen atoms in total. The van der Waals surface area contributed by atoms with Gasteiger partial charge in [0.05, 0.1) is 32.2 Å². The van der Waals surface area contributed by atoms with Crippen LogP contribution in [0.3, 0.4) is 0 Å². The van der Waals surface area contributed by atoms with Crippen molar-refractivity contribution in [3.63, 3.8) is 0 Å². The third-order valence-electron chi connectivity index (χ3n) is 14.6. The molecular formula is C69H60N4O. The Kier molecular flexibility index (Phi) is 10.7. The zero-order valence-electron chi connectivity index (χ0n) is 46.0. The number of hydrogen-bond acceptors (Lipinski definition) is 4. The largest absolute Gasteiger partial charge is 0.457 e. The molecule has 5 heteroatoms. The minimum atomic E-state index is -0.218. The van der Waals surface area contributed by atoms with Gasteiger partial charge < -0.3 is 14.5 Å². The highest BCUT2D eigenvalue weighted by Crippen LogP contribution is 2.51. The normalized spacial score (nSPS) is 13.3. The van der Waals surface area contributed by atoms with Crippen molar-refractivity contribution >= 4 is 44.6 Å². The monoisotopic (exact) mass is 963 g/mol. The van der Waals surface area contributed by atoms with E-state index in [9.17, 15) is 4.11 Å². The molecule has 362 valence electrons. The molecule has 11 aromatic rings. The van der Waals surface area contributed by atoms with Gasteiger partial charge in [0.1, 0.15) is 24.0 Å². The molecule has 0 aliphatic carbocycles. The molecule has 1 aliphatic rings. The standard InChI is InChI=1S/C69H60N4O/c1-46-40-65(70-44-60(46)48-22-12-9-13-23-48)73-61-29-15-14-26-58(61)66-59(50-34-38-52(39-35-50)69(5,6)7)42-55(43-64(66)73)74-54-25-18-24-53(41-54)71-45-72(63-31-17-16-30-62(63)71)67-56(47-20-10-8-11-21-47)27-19-28-57(67)49-32-36-51(37-33-49)68(2,3)4/h8-44H,45H2,1-7H3/i18D,24D,25D. The zero-order chi connectivity index (χ0) is 53.3. The zero-order valence-corrected chi connectivity index (χ0v) is 43.0. The Morgan fingerprint density at radius 3 is 1.66 bits per heavy atom. The predicted molar refractivity (Wildman–Crippen MR) is 311 cm³/mol. The summed E-state index contributed by atoms with van der Waals surface area (Å²) in [7, 11) is 0. The molecule has 0 spiro atoms. The summed E-state index contributed by atoms with van der Waals surface area (Å²) in [4.78, 5) is 9.56. The summed E-state index contributed by atoms with van der Waals surface area (Å²) >= 11 is 0. The number of anilines is 4. The van der Waals surface area contributed by atoms with E-state index in [1.165, 1.54) is 11.1 Å². The van der Waals surface area contributed by atoms with Gasteiger partial charge in [-0.15, -0.1) is 0 Å². The van der Waals surface area contributed by atoms with Crippen LogP contribution < -0.4 is 14.5 Å². The van der Waals surface area contributed by atoms with Crippen molar-refractivity contribution in [2.24, 2.45) is 0 Å². The molecular weight excluding hydrogens is 901 g/mol.